The normalized spacial score (nSPS) is 27.0. The van der Waals surface area contributed by atoms with Crippen molar-refractivity contribution in [2.45, 2.75) is 56.4 Å². The van der Waals surface area contributed by atoms with Gasteiger partial charge in [-0.25, -0.2) is 17.6 Å². The van der Waals surface area contributed by atoms with Gasteiger partial charge in [-0.15, -0.1) is 0 Å². The molecule has 1 saturated carbocycles. The number of ether oxygens (including phenoxy) is 1. The summed E-state index contributed by atoms with van der Waals surface area (Å²) in [5.41, 5.74) is 0.371. The van der Waals surface area contributed by atoms with Gasteiger partial charge in [-0.1, -0.05) is 30.8 Å². The summed E-state index contributed by atoms with van der Waals surface area (Å²) in [4.78, 5) is 13.2. The quantitative estimate of drug-likeness (QED) is 0.568. The standard InChI is InChI=1S/C25H33FN2O4S2/c1-15-6-8-21(20(26)10-15)33-22-11-16(2)7-9-23(22)34(30,31)28-13-18-17(19(18)14-28)12-27-24(29)32-25(3,4)5/h7-11,15,17-19H,6,12-14H2,1-5H3,(H,27,29). The van der Waals surface area contributed by atoms with Crippen LogP contribution < -0.4 is 5.32 Å². The third-order valence-electron chi connectivity index (χ3n) is 6.50. The Balaban J connectivity index is 1.42. The molecule has 4 rings (SSSR count). The fourth-order valence-corrected chi connectivity index (χ4v) is 7.68. The number of carbonyl (C=O) groups excluding carboxylic acids is 1. The van der Waals surface area contributed by atoms with E-state index in [0.717, 1.165) is 12.0 Å². The predicted molar refractivity (Wildman–Crippen MR) is 132 cm³/mol. The zero-order valence-corrected chi connectivity index (χ0v) is 21.9. The lowest BCUT2D eigenvalue weighted by atomic mass is 10.0. The number of carbonyl (C=O) groups is 1. The molecule has 6 nitrogen and oxygen atoms in total. The zero-order chi connectivity index (χ0) is 24.8. The number of thioether (sulfide) groups is 1. The summed E-state index contributed by atoms with van der Waals surface area (Å²) in [5.74, 6) is 0.568. The summed E-state index contributed by atoms with van der Waals surface area (Å²) in [6.45, 7) is 10.6. The Kier molecular flexibility index (Phi) is 6.92. The summed E-state index contributed by atoms with van der Waals surface area (Å²) in [6.07, 6.45) is 3.72. The van der Waals surface area contributed by atoms with Crippen molar-refractivity contribution in [2.75, 3.05) is 19.6 Å². The van der Waals surface area contributed by atoms with Crippen molar-refractivity contribution < 1.29 is 22.3 Å². The molecular weight excluding hydrogens is 475 g/mol. The first-order valence-corrected chi connectivity index (χ1v) is 13.9. The van der Waals surface area contributed by atoms with Crippen LogP contribution in [0.5, 0.6) is 0 Å². The number of nitrogens with zero attached hydrogens (tertiary/aromatic N) is 1. The van der Waals surface area contributed by atoms with Gasteiger partial charge in [0.15, 0.2) is 0 Å². The largest absolute Gasteiger partial charge is 0.444 e. The average Bonchev–Trinajstić information content (AvgIpc) is 3.15. The molecule has 0 aromatic heterocycles. The molecule has 186 valence electrons. The molecule has 2 aliphatic carbocycles. The van der Waals surface area contributed by atoms with Gasteiger partial charge >= 0.3 is 6.09 Å². The van der Waals surface area contributed by atoms with E-state index in [1.54, 1.807) is 18.2 Å². The molecule has 3 unspecified atom stereocenters. The first-order chi connectivity index (χ1) is 15.8. The van der Waals surface area contributed by atoms with E-state index < -0.39 is 21.7 Å². The maximum absolute atomic E-state index is 14.5. The number of amides is 1. The minimum Gasteiger partial charge on any atom is -0.444 e. The van der Waals surface area contributed by atoms with Crippen molar-refractivity contribution >= 4 is 27.9 Å². The number of hydrogen-bond donors (Lipinski definition) is 1. The van der Waals surface area contributed by atoms with E-state index in [-0.39, 0.29) is 34.4 Å². The monoisotopic (exact) mass is 508 g/mol. The molecular formula is C25H33FN2O4S2. The van der Waals surface area contributed by atoms with Crippen LogP contribution >= 0.6 is 11.8 Å². The number of hydrogen-bond acceptors (Lipinski definition) is 5. The smallest absolute Gasteiger partial charge is 0.407 e. The molecule has 1 heterocycles. The Morgan fingerprint density at radius 3 is 2.56 bits per heavy atom. The molecule has 1 amide bonds. The molecule has 3 atom stereocenters. The van der Waals surface area contributed by atoms with Gasteiger partial charge in [0.2, 0.25) is 10.0 Å². The van der Waals surface area contributed by atoms with E-state index in [1.807, 2.05) is 46.8 Å². The molecule has 0 radical (unpaired) electrons. The number of allylic oxidation sites excluding steroid dienone is 3. The Hall–Kier alpha value is -1.84. The summed E-state index contributed by atoms with van der Waals surface area (Å²) >= 11 is 1.18. The van der Waals surface area contributed by atoms with E-state index in [4.69, 9.17) is 4.74 Å². The second kappa shape index (κ2) is 9.32. The van der Waals surface area contributed by atoms with Gasteiger partial charge in [0.25, 0.3) is 0 Å². The third kappa shape index (κ3) is 5.52. The van der Waals surface area contributed by atoms with E-state index in [2.05, 4.69) is 5.32 Å². The number of piperidine rings is 1. The molecule has 0 bridgehead atoms. The number of fused-ring (bicyclic) bond motifs is 1. The molecule has 1 aromatic carbocycles. The highest BCUT2D eigenvalue weighted by atomic mass is 32.2. The van der Waals surface area contributed by atoms with Crippen LogP contribution in [-0.2, 0) is 14.8 Å². The van der Waals surface area contributed by atoms with Gasteiger partial charge in [-0.05, 0) is 81.6 Å². The lowest BCUT2D eigenvalue weighted by Crippen LogP contribution is -2.36. The molecule has 9 heteroatoms. The van der Waals surface area contributed by atoms with Crippen LogP contribution in [0, 0.1) is 30.6 Å². The molecule has 1 N–H and O–H groups in total. The number of aryl methyl sites for hydroxylation is 1. The first kappa shape index (κ1) is 25.3. The fourth-order valence-electron chi connectivity index (χ4n) is 4.67. The third-order valence-corrected chi connectivity index (χ3v) is 9.66. The summed E-state index contributed by atoms with van der Waals surface area (Å²) in [7, 11) is -3.72. The van der Waals surface area contributed by atoms with Crippen LogP contribution in [0.4, 0.5) is 9.18 Å². The van der Waals surface area contributed by atoms with Gasteiger partial charge in [0.1, 0.15) is 11.4 Å². The molecule has 1 aromatic rings. The van der Waals surface area contributed by atoms with Crippen molar-refractivity contribution in [3.8, 4) is 0 Å². The molecule has 2 fully saturated rings. The van der Waals surface area contributed by atoms with Gasteiger partial charge in [0.05, 0.1) is 4.90 Å². The van der Waals surface area contributed by atoms with Gasteiger partial charge in [-0.2, -0.15) is 4.31 Å². The Morgan fingerprint density at radius 1 is 1.26 bits per heavy atom. The minimum absolute atomic E-state index is 0.138. The van der Waals surface area contributed by atoms with Crippen LogP contribution in [0.25, 0.3) is 0 Å². The number of alkyl carbamates (subject to hydrolysis) is 1. The summed E-state index contributed by atoms with van der Waals surface area (Å²) in [5, 5.41) is 2.80. The van der Waals surface area contributed by atoms with E-state index in [9.17, 15) is 17.6 Å². The fraction of sp³-hybridized carbons (Fsp3) is 0.560. The average molecular weight is 509 g/mol. The minimum atomic E-state index is -3.72. The van der Waals surface area contributed by atoms with Gasteiger partial charge in [-0.3, -0.25) is 0 Å². The van der Waals surface area contributed by atoms with Gasteiger partial charge in [0, 0.05) is 29.4 Å². The van der Waals surface area contributed by atoms with E-state index in [0.29, 0.717) is 29.4 Å². The summed E-state index contributed by atoms with van der Waals surface area (Å²) in [6, 6.07) is 5.23. The van der Waals surface area contributed by atoms with Crippen molar-refractivity contribution in [1.82, 2.24) is 9.62 Å². The number of sulfonamides is 1. The SMILES string of the molecule is Cc1ccc(S(=O)(=O)N2CC3C(CNC(=O)OC(C)(C)C)C3C2)c(SC2=CCC(C)C=C2F)c1. The lowest BCUT2D eigenvalue weighted by molar-refractivity contribution is 0.0523. The predicted octanol–water partition coefficient (Wildman–Crippen LogP) is 5.26. The highest BCUT2D eigenvalue weighted by molar-refractivity contribution is 8.03. The highest BCUT2D eigenvalue weighted by Crippen LogP contribution is 2.53. The number of benzene rings is 1. The molecule has 1 saturated heterocycles. The van der Waals surface area contributed by atoms with E-state index >= 15 is 0 Å². The topological polar surface area (TPSA) is 75.7 Å². The Labute approximate surface area is 206 Å². The molecule has 1 aliphatic heterocycles. The van der Waals surface area contributed by atoms with Crippen LogP contribution in [0.3, 0.4) is 0 Å². The second-order valence-corrected chi connectivity index (χ2v) is 13.5. The van der Waals surface area contributed by atoms with Crippen LogP contribution in [0.1, 0.15) is 39.7 Å². The van der Waals surface area contributed by atoms with Crippen LogP contribution in [-0.4, -0.2) is 44.1 Å². The van der Waals surface area contributed by atoms with Crippen molar-refractivity contribution in [3.05, 3.63) is 46.6 Å². The first-order valence-electron chi connectivity index (χ1n) is 11.7. The molecule has 34 heavy (non-hydrogen) atoms. The van der Waals surface area contributed by atoms with Crippen molar-refractivity contribution in [1.29, 1.82) is 0 Å². The number of halogens is 1. The Morgan fingerprint density at radius 2 is 1.94 bits per heavy atom. The number of rotatable bonds is 6. The van der Waals surface area contributed by atoms with Gasteiger partial charge < -0.3 is 10.1 Å². The zero-order valence-electron chi connectivity index (χ0n) is 20.3. The number of nitrogens with one attached hydrogen (secondary N) is 1. The maximum Gasteiger partial charge on any atom is 0.407 e. The maximum atomic E-state index is 14.5. The van der Waals surface area contributed by atoms with Crippen molar-refractivity contribution in [3.63, 3.8) is 0 Å². The lowest BCUT2D eigenvalue weighted by Gasteiger charge is -2.23. The Bertz CT molecular complexity index is 1130. The van der Waals surface area contributed by atoms with Crippen molar-refractivity contribution in [2.24, 2.45) is 23.7 Å². The molecule has 0 spiro atoms. The highest BCUT2D eigenvalue weighted by Gasteiger charge is 2.57. The summed E-state index contributed by atoms with van der Waals surface area (Å²) < 4.78 is 48.4. The van der Waals surface area contributed by atoms with E-state index in [1.165, 1.54) is 16.1 Å². The molecule has 3 aliphatic rings. The van der Waals surface area contributed by atoms with Crippen LogP contribution in [0.15, 0.2) is 50.9 Å². The second-order valence-electron chi connectivity index (χ2n) is 10.5. The van der Waals surface area contributed by atoms with Crippen LogP contribution in [0.2, 0.25) is 0 Å².